The van der Waals surface area contributed by atoms with Gasteiger partial charge in [0, 0.05) is 24.9 Å². The predicted octanol–water partition coefficient (Wildman–Crippen LogP) is 1.84. The van der Waals surface area contributed by atoms with Crippen LogP contribution in [-0.2, 0) is 9.59 Å². The number of allylic oxidation sites excluding steroid dienone is 2. The molecule has 0 saturated heterocycles. The Hall–Kier alpha value is -3.67. The van der Waals surface area contributed by atoms with Gasteiger partial charge in [-0.15, -0.1) is 0 Å². The minimum absolute atomic E-state index is 0.115. The number of hydrogen-bond donors (Lipinski definition) is 2. The highest BCUT2D eigenvalue weighted by Crippen LogP contribution is 2.42. The number of nitro benzene ring substituents is 1. The van der Waals surface area contributed by atoms with E-state index in [9.17, 15) is 35.2 Å². The lowest BCUT2D eigenvalue weighted by atomic mass is 9.79. The maximum Gasteiger partial charge on any atom is 0.335 e. The quantitative estimate of drug-likeness (QED) is 0.622. The van der Waals surface area contributed by atoms with E-state index in [4.69, 9.17) is 0 Å². The number of carboxylic acids is 2. The number of nitriles is 1. The summed E-state index contributed by atoms with van der Waals surface area (Å²) in [7, 11) is 1.39. The predicted molar refractivity (Wildman–Crippen MR) is 84.2 cm³/mol. The lowest BCUT2D eigenvalue weighted by Gasteiger charge is -2.33. The average Bonchev–Trinajstić information content (AvgIpc) is 2.55. The van der Waals surface area contributed by atoms with E-state index in [1.54, 1.807) is 6.07 Å². The molecule has 0 fully saturated rings. The van der Waals surface area contributed by atoms with Crippen molar-refractivity contribution in [3.8, 4) is 6.07 Å². The van der Waals surface area contributed by atoms with Gasteiger partial charge in [-0.3, -0.25) is 10.1 Å². The first kappa shape index (κ1) is 17.7. The van der Waals surface area contributed by atoms with Gasteiger partial charge < -0.3 is 15.1 Å². The van der Waals surface area contributed by atoms with Crippen LogP contribution in [0.5, 0.6) is 0 Å². The van der Waals surface area contributed by atoms with Gasteiger partial charge in [-0.25, -0.2) is 9.59 Å². The summed E-state index contributed by atoms with van der Waals surface area (Å²) in [4.78, 5) is 35.0. The monoisotopic (exact) mass is 343 g/mol. The molecule has 9 heteroatoms. The van der Waals surface area contributed by atoms with Crippen molar-refractivity contribution in [1.29, 1.82) is 5.26 Å². The molecule has 25 heavy (non-hydrogen) atoms. The van der Waals surface area contributed by atoms with Gasteiger partial charge in [0.05, 0.1) is 22.0 Å². The number of aliphatic carboxylic acids is 2. The second-order valence-corrected chi connectivity index (χ2v) is 5.33. The maximum absolute atomic E-state index is 11.8. The molecule has 0 radical (unpaired) electrons. The summed E-state index contributed by atoms with van der Waals surface area (Å²) < 4.78 is 0. The lowest BCUT2D eigenvalue weighted by molar-refractivity contribution is -0.384. The Morgan fingerprint density at radius 1 is 1.28 bits per heavy atom. The molecule has 0 aromatic heterocycles. The summed E-state index contributed by atoms with van der Waals surface area (Å²) in [5, 5.41) is 39.5. The highest BCUT2D eigenvalue weighted by atomic mass is 16.6. The first-order valence-corrected chi connectivity index (χ1v) is 7.00. The van der Waals surface area contributed by atoms with Crippen LogP contribution in [0.2, 0.25) is 0 Å². The lowest BCUT2D eigenvalue weighted by Crippen LogP contribution is -2.32. The molecule has 1 aromatic carbocycles. The number of carbonyl (C=O) groups is 2. The third-order valence-corrected chi connectivity index (χ3v) is 4.04. The largest absolute Gasteiger partial charge is 0.478 e. The zero-order valence-corrected chi connectivity index (χ0v) is 13.3. The van der Waals surface area contributed by atoms with Crippen LogP contribution in [0.1, 0.15) is 18.4 Å². The van der Waals surface area contributed by atoms with Crippen molar-refractivity contribution < 1.29 is 24.7 Å². The summed E-state index contributed by atoms with van der Waals surface area (Å²) in [6.07, 6.45) is 0. The van der Waals surface area contributed by atoms with Crippen LogP contribution in [0.15, 0.2) is 46.8 Å². The molecular formula is C16H13N3O6. The standard InChI is InChI=1S/C16H13N3O6/c1-8-12(15(20)21)13(9-4-3-5-10(6-9)19(24)25)14(16(22)23)11(7-17)18(8)2/h3-6,13H,1-2H3,(H,20,21)(H,22,23). The molecule has 1 heterocycles. The molecular weight excluding hydrogens is 330 g/mol. The van der Waals surface area contributed by atoms with Gasteiger partial charge in [-0.1, -0.05) is 12.1 Å². The second kappa shape index (κ2) is 6.45. The van der Waals surface area contributed by atoms with Gasteiger partial charge in [-0.2, -0.15) is 5.26 Å². The zero-order chi connectivity index (χ0) is 18.9. The van der Waals surface area contributed by atoms with E-state index in [1.807, 2.05) is 0 Å². The van der Waals surface area contributed by atoms with Crippen molar-refractivity contribution in [2.45, 2.75) is 12.8 Å². The molecule has 0 spiro atoms. The SMILES string of the molecule is CC1=C(C(=O)O)C(c2cccc([N+](=O)[O-])c2)C(C(=O)O)=C(C#N)N1C. The fraction of sp³-hybridized carbons (Fsp3) is 0.188. The van der Waals surface area contributed by atoms with Gasteiger partial charge in [0.2, 0.25) is 0 Å². The molecule has 1 aromatic rings. The van der Waals surface area contributed by atoms with E-state index >= 15 is 0 Å². The molecule has 0 saturated carbocycles. The Morgan fingerprint density at radius 3 is 2.36 bits per heavy atom. The Morgan fingerprint density at radius 2 is 1.88 bits per heavy atom. The number of carboxylic acid groups (broad SMARTS) is 2. The van der Waals surface area contributed by atoms with Crippen molar-refractivity contribution in [3.05, 3.63) is 62.5 Å². The number of non-ortho nitro benzene ring substituents is 1. The van der Waals surface area contributed by atoms with E-state index in [-0.39, 0.29) is 28.2 Å². The van der Waals surface area contributed by atoms with Gasteiger partial charge in [0.25, 0.3) is 5.69 Å². The first-order valence-electron chi connectivity index (χ1n) is 7.00. The maximum atomic E-state index is 11.8. The molecule has 1 aliphatic heterocycles. The molecule has 0 aliphatic carbocycles. The molecule has 0 amide bonds. The highest BCUT2D eigenvalue weighted by molar-refractivity contribution is 5.99. The number of nitrogens with zero attached hydrogens (tertiary/aromatic N) is 3. The van der Waals surface area contributed by atoms with Crippen LogP contribution in [0.4, 0.5) is 5.69 Å². The smallest absolute Gasteiger partial charge is 0.335 e. The Kier molecular flexibility index (Phi) is 4.56. The van der Waals surface area contributed by atoms with Crippen molar-refractivity contribution in [2.24, 2.45) is 0 Å². The van der Waals surface area contributed by atoms with E-state index in [0.29, 0.717) is 0 Å². The fourth-order valence-corrected chi connectivity index (χ4v) is 2.81. The zero-order valence-electron chi connectivity index (χ0n) is 13.3. The molecule has 1 aliphatic rings. The highest BCUT2D eigenvalue weighted by Gasteiger charge is 2.40. The van der Waals surface area contributed by atoms with Crippen LogP contribution in [0.25, 0.3) is 0 Å². The Balaban J connectivity index is 2.84. The third kappa shape index (κ3) is 2.92. The van der Waals surface area contributed by atoms with Crippen LogP contribution >= 0.6 is 0 Å². The summed E-state index contributed by atoms with van der Waals surface area (Å²) in [6.45, 7) is 1.45. The number of nitro groups is 1. The molecule has 2 rings (SSSR count). The molecule has 1 unspecified atom stereocenters. The van der Waals surface area contributed by atoms with Crippen molar-refractivity contribution in [1.82, 2.24) is 4.90 Å². The van der Waals surface area contributed by atoms with Gasteiger partial charge in [0.15, 0.2) is 0 Å². The number of benzene rings is 1. The molecule has 2 N–H and O–H groups in total. The van der Waals surface area contributed by atoms with E-state index in [1.165, 1.54) is 37.1 Å². The van der Waals surface area contributed by atoms with E-state index in [2.05, 4.69) is 0 Å². The number of rotatable bonds is 4. The topological polar surface area (TPSA) is 145 Å². The van der Waals surface area contributed by atoms with E-state index < -0.39 is 28.4 Å². The Labute approximate surface area is 141 Å². The summed E-state index contributed by atoms with van der Waals surface area (Å²) in [5.74, 6) is -4.14. The van der Waals surface area contributed by atoms with Crippen molar-refractivity contribution in [2.75, 3.05) is 7.05 Å². The molecule has 9 nitrogen and oxygen atoms in total. The average molecular weight is 343 g/mol. The van der Waals surface area contributed by atoms with Gasteiger partial charge >= 0.3 is 11.9 Å². The first-order chi connectivity index (χ1) is 11.7. The van der Waals surface area contributed by atoms with Crippen molar-refractivity contribution >= 4 is 17.6 Å². The summed E-state index contributed by atoms with van der Waals surface area (Å²) in [6, 6.07) is 6.84. The van der Waals surface area contributed by atoms with Crippen LogP contribution in [0, 0.1) is 21.4 Å². The van der Waals surface area contributed by atoms with Gasteiger partial charge in [-0.05, 0) is 12.5 Å². The summed E-state index contributed by atoms with van der Waals surface area (Å²) >= 11 is 0. The normalized spacial score (nSPS) is 17.3. The number of hydrogen-bond acceptors (Lipinski definition) is 6. The minimum atomic E-state index is -1.47. The van der Waals surface area contributed by atoms with Crippen LogP contribution in [-0.4, -0.2) is 39.0 Å². The van der Waals surface area contributed by atoms with Crippen LogP contribution < -0.4 is 0 Å². The molecule has 1 atom stereocenters. The fourth-order valence-electron chi connectivity index (χ4n) is 2.81. The van der Waals surface area contributed by atoms with E-state index in [0.717, 1.165) is 6.07 Å². The van der Waals surface area contributed by atoms with Gasteiger partial charge in [0.1, 0.15) is 11.8 Å². The third-order valence-electron chi connectivity index (χ3n) is 4.04. The van der Waals surface area contributed by atoms with Crippen molar-refractivity contribution in [3.63, 3.8) is 0 Å². The molecule has 128 valence electrons. The molecule has 0 bridgehead atoms. The second-order valence-electron chi connectivity index (χ2n) is 5.33. The van der Waals surface area contributed by atoms with Crippen LogP contribution in [0.3, 0.4) is 0 Å². The minimum Gasteiger partial charge on any atom is -0.478 e. The Bertz CT molecular complexity index is 893. The summed E-state index contributed by atoms with van der Waals surface area (Å²) in [5.41, 5.74) is -0.906.